The van der Waals surface area contributed by atoms with Gasteiger partial charge in [0.1, 0.15) is 0 Å². The van der Waals surface area contributed by atoms with Gasteiger partial charge in [-0.1, -0.05) is 29.8 Å². The van der Waals surface area contributed by atoms with Crippen molar-refractivity contribution in [3.8, 4) is 0 Å². The van der Waals surface area contributed by atoms with Crippen LogP contribution in [0.15, 0.2) is 24.3 Å². The first-order valence-electron chi connectivity index (χ1n) is 6.72. The van der Waals surface area contributed by atoms with Crippen LogP contribution < -0.4 is 11.1 Å². The van der Waals surface area contributed by atoms with Crippen LogP contribution in [0.2, 0.25) is 0 Å². The van der Waals surface area contributed by atoms with Crippen molar-refractivity contribution in [1.82, 2.24) is 5.32 Å². The standard InChI is InChI=1S/C15H22N2O/c1-11-3-2-4-13(9-11)14(10-15(16)18)12-5-7-17-8-6-12/h2-4,9,12,14,17H,5-8,10H2,1H3,(H2,16,18). The number of benzene rings is 1. The van der Waals surface area contributed by atoms with Gasteiger partial charge in [-0.2, -0.15) is 0 Å². The lowest BCUT2D eigenvalue weighted by molar-refractivity contribution is -0.118. The maximum Gasteiger partial charge on any atom is 0.218 e. The fraction of sp³-hybridized carbons (Fsp3) is 0.533. The van der Waals surface area contributed by atoms with Crippen molar-refractivity contribution in [2.24, 2.45) is 11.7 Å². The van der Waals surface area contributed by atoms with E-state index in [0.717, 1.165) is 25.9 Å². The molecule has 1 aromatic carbocycles. The molecule has 3 nitrogen and oxygen atoms in total. The maximum absolute atomic E-state index is 11.3. The number of primary amides is 1. The van der Waals surface area contributed by atoms with Crippen molar-refractivity contribution < 1.29 is 4.79 Å². The number of carbonyl (C=O) groups excluding carboxylic acids is 1. The Morgan fingerprint density at radius 1 is 1.44 bits per heavy atom. The van der Waals surface area contributed by atoms with Gasteiger partial charge in [-0.05, 0) is 50.3 Å². The molecule has 3 N–H and O–H groups in total. The molecule has 0 radical (unpaired) electrons. The SMILES string of the molecule is Cc1cccc(C(CC(N)=O)C2CCNCC2)c1. The molecular formula is C15H22N2O. The second-order valence-electron chi connectivity index (χ2n) is 5.28. The van der Waals surface area contributed by atoms with Crippen LogP contribution in [0.25, 0.3) is 0 Å². The predicted octanol–water partition coefficient (Wildman–Crippen LogP) is 1.95. The Kier molecular flexibility index (Phi) is 4.37. The molecule has 3 heteroatoms. The van der Waals surface area contributed by atoms with Crippen molar-refractivity contribution in [2.75, 3.05) is 13.1 Å². The average Bonchev–Trinajstić information content (AvgIpc) is 2.37. The number of aryl methyl sites for hydroxylation is 1. The molecule has 0 bridgehead atoms. The van der Waals surface area contributed by atoms with E-state index >= 15 is 0 Å². The van der Waals surface area contributed by atoms with Gasteiger partial charge in [0.05, 0.1) is 0 Å². The van der Waals surface area contributed by atoms with Crippen LogP contribution >= 0.6 is 0 Å². The van der Waals surface area contributed by atoms with Gasteiger partial charge in [-0.3, -0.25) is 4.79 Å². The van der Waals surface area contributed by atoms with Crippen molar-refractivity contribution in [3.63, 3.8) is 0 Å². The van der Waals surface area contributed by atoms with Gasteiger partial charge in [0.2, 0.25) is 5.91 Å². The largest absolute Gasteiger partial charge is 0.370 e. The lowest BCUT2D eigenvalue weighted by Crippen LogP contribution is -2.32. The monoisotopic (exact) mass is 246 g/mol. The molecule has 1 aromatic rings. The molecule has 1 saturated heterocycles. The fourth-order valence-electron chi connectivity index (χ4n) is 2.92. The molecule has 1 heterocycles. The third kappa shape index (κ3) is 3.33. The Hall–Kier alpha value is -1.35. The summed E-state index contributed by atoms with van der Waals surface area (Å²) in [5.74, 6) is 0.657. The lowest BCUT2D eigenvalue weighted by Gasteiger charge is -2.30. The zero-order valence-corrected chi connectivity index (χ0v) is 11.0. The maximum atomic E-state index is 11.3. The van der Waals surface area contributed by atoms with E-state index in [-0.39, 0.29) is 11.8 Å². The van der Waals surface area contributed by atoms with Crippen LogP contribution in [0.4, 0.5) is 0 Å². The highest BCUT2D eigenvalue weighted by molar-refractivity contribution is 5.74. The molecule has 0 aliphatic carbocycles. The molecule has 1 fully saturated rings. The van der Waals surface area contributed by atoms with Crippen LogP contribution in [0.1, 0.15) is 36.3 Å². The van der Waals surface area contributed by atoms with E-state index in [1.807, 2.05) is 0 Å². The van der Waals surface area contributed by atoms with Gasteiger partial charge in [-0.15, -0.1) is 0 Å². The second-order valence-corrected chi connectivity index (χ2v) is 5.28. The summed E-state index contributed by atoms with van der Waals surface area (Å²) in [6.45, 7) is 4.19. The van der Waals surface area contributed by atoms with E-state index in [2.05, 4.69) is 36.5 Å². The summed E-state index contributed by atoms with van der Waals surface area (Å²) in [5, 5.41) is 3.37. The molecule has 1 amide bonds. The molecule has 0 aromatic heterocycles. The highest BCUT2D eigenvalue weighted by atomic mass is 16.1. The van der Waals surface area contributed by atoms with Crippen molar-refractivity contribution >= 4 is 5.91 Å². The van der Waals surface area contributed by atoms with Gasteiger partial charge in [0.15, 0.2) is 0 Å². The van der Waals surface area contributed by atoms with Crippen LogP contribution in [-0.2, 0) is 4.79 Å². The van der Waals surface area contributed by atoms with Crippen LogP contribution in [0.3, 0.4) is 0 Å². The molecule has 18 heavy (non-hydrogen) atoms. The summed E-state index contributed by atoms with van der Waals surface area (Å²) < 4.78 is 0. The van der Waals surface area contributed by atoms with Crippen LogP contribution in [0, 0.1) is 12.8 Å². The van der Waals surface area contributed by atoms with Crippen molar-refractivity contribution in [2.45, 2.75) is 32.1 Å². The molecule has 1 atom stereocenters. The first kappa shape index (κ1) is 13.1. The summed E-state index contributed by atoms with van der Waals surface area (Å²) in [5.41, 5.74) is 7.93. The number of hydrogen-bond donors (Lipinski definition) is 2. The topological polar surface area (TPSA) is 55.1 Å². The number of piperidine rings is 1. The number of rotatable bonds is 4. The summed E-state index contributed by atoms with van der Waals surface area (Å²) in [6, 6.07) is 8.48. The van der Waals surface area contributed by atoms with E-state index in [0.29, 0.717) is 12.3 Å². The minimum Gasteiger partial charge on any atom is -0.370 e. The first-order valence-corrected chi connectivity index (χ1v) is 6.72. The Balaban J connectivity index is 2.20. The zero-order chi connectivity index (χ0) is 13.0. The van der Waals surface area contributed by atoms with E-state index in [9.17, 15) is 4.79 Å². The van der Waals surface area contributed by atoms with E-state index < -0.39 is 0 Å². The number of nitrogens with one attached hydrogen (secondary N) is 1. The molecular weight excluding hydrogens is 224 g/mol. The second kappa shape index (κ2) is 6.01. The van der Waals surface area contributed by atoms with Gasteiger partial charge in [0, 0.05) is 6.42 Å². The van der Waals surface area contributed by atoms with Gasteiger partial charge >= 0.3 is 0 Å². The molecule has 0 spiro atoms. The van der Waals surface area contributed by atoms with E-state index in [4.69, 9.17) is 5.73 Å². The van der Waals surface area contributed by atoms with E-state index in [1.54, 1.807) is 0 Å². The molecule has 1 aliphatic heterocycles. The number of amides is 1. The Morgan fingerprint density at radius 3 is 2.78 bits per heavy atom. The molecule has 1 aliphatic rings. The summed E-state index contributed by atoms with van der Waals surface area (Å²) in [4.78, 5) is 11.3. The van der Waals surface area contributed by atoms with Gasteiger partial charge < -0.3 is 11.1 Å². The Morgan fingerprint density at radius 2 is 2.17 bits per heavy atom. The summed E-state index contributed by atoms with van der Waals surface area (Å²) in [6.07, 6.45) is 2.73. The lowest BCUT2D eigenvalue weighted by atomic mass is 9.78. The Labute approximate surface area is 109 Å². The van der Waals surface area contributed by atoms with Crippen LogP contribution in [0.5, 0.6) is 0 Å². The Bertz CT molecular complexity index is 411. The molecule has 98 valence electrons. The molecule has 2 rings (SSSR count). The zero-order valence-electron chi connectivity index (χ0n) is 11.0. The molecule has 1 unspecified atom stereocenters. The number of carbonyl (C=O) groups is 1. The average molecular weight is 246 g/mol. The van der Waals surface area contributed by atoms with Gasteiger partial charge in [0.25, 0.3) is 0 Å². The minimum absolute atomic E-state index is 0.194. The van der Waals surface area contributed by atoms with Gasteiger partial charge in [-0.25, -0.2) is 0 Å². The summed E-state index contributed by atoms with van der Waals surface area (Å²) in [7, 11) is 0. The predicted molar refractivity (Wildman–Crippen MR) is 73.3 cm³/mol. The van der Waals surface area contributed by atoms with Crippen LogP contribution in [-0.4, -0.2) is 19.0 Å². The quantitative estimate of drug-likeness (QED) is 0.853. The highest BCUT2D eigenvalue weighted by Gasteiger charge is 2.26. The third-order valence-electron chi connectivity index (χ3n) is 3.84. The minimum atomic E-state index is -0.194. The third-order valence-corrected chi connectivity index (χ3v) is 3.84. The smallest absolute Gasteiger partial charge is 0.218 e. The fourth-order valence-corrected chi connectivity index (χ4v) is 2.92. The first-order chi connectivity index (χ1) is 8.66. The number of nitrogens with two attached hydrogens (primary N) is 1. The summed E-state index contributed by atoms with van der Waals surface area (Å²) >= 11 is 0. The molecule has 0 saturated carbocycles. The highest BCUT2D eigenvalue weighted by Crippen LogP contribution is 2.33. The number of hydrogen-bond acceptors (Lipinski definition) is 2. The van der Waals surface area contributed by atoms with Crippen molar-refractivity contribution in [3.05, 3.63) is 35.4 Å². The normalized spacial score (nSPS) is 18.5. The van der Waals surface area contributed by atoms with E-state index in [1.165, 1.54) is 11.1 Å². The van der Waals surface area contributed by atoms with Crippen molar-refractivity contribution in [1.29, 1.82) is 0 Å².